The van der Waals surface area contributed by atoms with Crippen LogP contribution in [0, 0.1) is 6.92 Å². The van der Waals surface area contributed by atoms with Gasteiger partial charge in [0.1, 0.15) is 5.82 Å². The molecule has 1 aliphatic heterocycles. The van der Waals surface area contributed by atoms with E-state index in [2.05, 4.69) is 15.0 Å². The lowest BCUT2D eigenvalue weighted by Crippen LogP contribution is -2.40. The zero-order chi connectivity index (χ0) is 17.9. The standard InChI is InChI=1S/C20H21N5O/c1-14-23-19(17-8-4-10-22-20(17)24-14)15-6-5-11-25(13-15)18(26)12-16-7-2-3-9-21-16/h2-4,7-10,15H,5-6,11-13H2,1H3. The molecule has 6 nitrogen and oxygen atoms in total. The van der Waals surface area contributed by atoms with E-state index in [0.29, 0.717) is 13.0 Å². The summed E-state index contributed by atoms with van der Waals surface area (Å²) in [5.74, 6) is 1.06. The molecule has 0 bridgehead atoms. The summed E-state index contributed by atoms with van der Waals surface area (Å²) in [7, 11) is 0. The van der Waals surface area contributed by atoms with Crippen molar-refractivity contribution in [2.45, 2.75) is 32.1 Å². The van der Waals surface area contributed by atoms with Gasteiger partial charge in [0.05, 0.1) is 12.1 Å². The number of fused-ring (bicyclic) bond motifs is 1. The summed E-state index contributed by atoms with van der Waals surface area (Å²) in [6.45, 7) is 3.37. The predicted molar refractivity (Wildman–Crippen MR) is 98.6 cm³/mol. The highest BCUT2D eigenvalue weighted by Gasteiger charge is 2.27. The Hall–Kier alpha value is -2.89. The molecule has 3 aromatic rings. The number of rotatable bonds is 3. The van der Waals surface area contributed by atoms with Crippen LogP contribution in [0.5, 0.6) is 0 Å². The molecule has 3 aromatic heterocycles. The van der Waals surface area contributed by atoms with Crippen molar-refractivity contribution >= 4 is 16.9 Å². The van der Waals surface area contributed by atoms with Crippen LogP contribution in [-0.2, 0) is 11.2 Å². The van der Waals surface area contributed by atoms with Crippen LogP contribution in [0.1, 0.15) is 36.0 Å². The topological polar surface area (TPSA) is 71.9 Å². The van der Waals surface area contributed by atoms with Gasteiger partial charge in [-0.1, -0.05) is 6.07 Å². The largest absolute Gasteiger partial charge is 0.342 e. The van der Waals surface area contributed by atoms with Crippen molar-refractivity contribution in [2.75, 3.05) is 13.1 Å². The van der Waals surface area contributed by atoms with Crippen molar-refractivity contribution in [1.82, 2.24) is 24.8 Å². The lowest BCUT2D eigenvalue weighted by molar-refractivity contribution is -0.131. The second-order valence-electron chi connectivity index (χ2n) is 6.71. The van der Waals surface area contributed by atoms with Gasteiger partial charge >= 0.3 is 0 Å². The van der Waals surface area contributed by atoms with Crippen molar-refractivity contribution in [1.29, 1.82) is 0 Å². The first kappa shape index (κ1) is 16.6. The fourth-order valence-electron chi connectivity index (χ4n) is 3.61. The zero-order valence-electron chi connectivity index (χ0n) is 14.8. The number of carbonyl (C=O) groups excluding carboxylic acids is 1. The summed E-state index contributed by atoms with van der Waals surface area (Å²) in [6, 6.07) is 9.61. The van der Waals surface area contributed by atoms with E-state index in [1.54, 1.807) is 12.4 Å². The quantitative estimate of drug-likeness (QED) is 0.728. The number of piperidine rings is 1. The van der Waals surface area contributed by atoms with Gasteiger partial charge < -0.3 is 4.90 Å². The van der Waals surface area contributed by atoms with Gasteiger partial charge in [-0.2, -0.15) is 0 Å². The third-order valence-electron chi connectivity index (χ3n) is 4.83. The Morgan fingerprint density at radius 3 is 2.88 bits per heavy atom. The van der Waals surface area contributed by atoms with Gasteiger partial charge in [-0.15, -0.1) is 0 Å². The molecule has 132 valence electrons. The Kier molecular flexibility index (Phi) is 4.56. The average Bonchev–Trinajstić information content (AvgIpc) is 2.68. The molecule has 4 heterocycles. The molecule has 0 aliphatic carbocycles. The second-order valence-corrected chi connectivity index (χ2v) is 6.71. The minimum atomic E-state index is 0.126. The fourth-order valence-corrected chi connectivity index (χ4v) is 3.61. The minimum absolute atomic E-state index is 0.126. The number of pyridine rings is 2. The van der Waals surface area contributed by atoms with Gasteiger partial charge in [-0.3, -0.25) is 9.78 Å². The number of hydrogen-bond acceptors (Lipinski definition) is 5. The van der Waals surface area contributed by atoms with Crippen LogP contribution < -0.4 is 0 Å². The highest BCUT2D eigenvalue weighted by molar-refractivity contribution is 5.80. The Morgan fingerprint density at radius 1 is 1.15 bits per heavy atom. The van der Waals surface area contributed by atoms with Crippen LogP contribution in [0.2, 0.25) is 0 Å². The van der Waals surface area contributed by atoms with E-state index in [1.165, 1.54) is 0 Å². The highest BCUT2D eigenvalue weighted by atomic mass is 16.2. The molecular weight excluding hydrogens is 326 g/mol. The monoisotopic (exact) mass is 347 g/mol. The Bertz CT molecular complexity index is 928. The smallest absolute Gasteiger partial charge is 0.228 e. The number of aryl methyl sites for hydroxylation is 1. The fraction of sp³-hybridized carbons (Fsp3) is 0.350. The van der Waals surface area contributed by atoms with Gasteiger partial charge in [0.15, 0.2) is 5.65 Å². The normalized spacial score (nSPS) is 17.4. The van der Waals surface area contributed by atoms with Crippen LogP contribution >= 0.6 is 0 Å². The van der Waals surface area contributed by atoms with E-state index in [0.717, 1.165) is 47.6 Å². The molecule has 0 saturated carbocycles. The zero-order valence-corrected chi connectivity index (χ0v) is 14.8. The molecule has 0 radical (unpaired) electrons. The maximum absolute atomic E-state index is 12.7. The number of carbonyl (C=O) groups is 1. The summed E-state index contributed by atoms with van der Waals surface area (Å²) in [5, 5.41) is 0.988. The molecular formula is C20H21N5O. The Morgan fingerprint density at radius 2 is 2.04 bits per heavy atom. The van der Waals surface area contributed by atoms with Crippen molar-refractivity contribution in [3.8, 4) is 0 Å². The van der Waals surface area contributed by atoms with Crippen molar-refractivity contribution in [2.24, 2.45) is 0 Å². The molecule has 6 heteroatoms. The molecule has 4 rings (SSSR count). The number of likely N-dealkylation sites (tertiary alicyclic amines) is 1. The van der Waals surface area contributed by atoms with Crippen LogP contribution in [0.25, 0.3) is 11.0 Å². The summed E-state index contributed by atoms with van der Waals surface area (Å²) < 4.78 is 0. The second kappa shape index (κ2) is 7.15. The number of amides is 1. The Labute approximate surface area is 152 Å². The van der Waals surface area contributed by atoms with E-state index < -0.39 is 0 Å². The molecule has 0 N–H and O–H groups in total. The number of hydrogen-bond donors (Lipinski definition) is 0. The summed E-state index contributed by atoms with van der Waals surface area (Å²) >= 11 is 0. The van der Waals surface area contributed by atoms with E-state index >= 15 is 0 Å². The molecule has 1 fully saturated rings. The summed E-state index contributed by atoms with van der Waals surface area (Å²) in [5.41, 5.74) is 2.55. The first-order valence-electron chi connectivity index (χ1n) is 8.97. The average molecular weight is 347 g/mol. The van der Waals surface area contributed by atoms with Crippen molar-refractivity contribution in [3.63, 3.8) is 0 Å². The number of nitrogens with zero attached hydrogens (tertiary/aromatic N) is 5. The molecule has 0 spiro atoms. The molecule has 26 heavy (non-hydrogen) atoms. The lowest BCUT2D eigenvalue weighted by atomic mass is 9.92. The SMILES string of the molecule is Cc1nc(C2CCCN(C(=O)Cc3ccccn3)C2)c2cccnc2n1. The van der Waals surface area contributed by atoms with Crippen molar-refractivity contribution in [3.05, 3.63) is 59.9 Å². The van der Waals surface area contributed by atoms with Gasteiger partial charge in [0, 0.05) is 42.5 Å². The molecule has 0 aromatic carbocycles. The van der Waals surface area contributed by atoms with Gasteiger partial charge in [-0.05, 0) is 44.0 Å². The summed E-state index contributed by atoms with van der Waals surface area (Å²) in [6.07, 6.45) is 5.82. The molecule has 1 amide bonds. The van der Waals surface area contributed by atoms with E-state index in [4.69, 9.17) is 4.98 Å². The van der Waals surface area contributed by atoms with Crippen LogP contribution in [-0.4, -0.2) is 43.8 Å². The van der Waals surface area contributed by atoms with Gasteiger partial charge in [0.2, 0.25) is 5.91 Å². The van der Waals surface area contributed by atoms with Gasteiger partial charge in [-0.25, -0.2) is 15.0 Å². The molecule has 1 unspecified atom stereocenters. The molecule has 1 atom stereocenters. The lowest BCUT2D eigenvalue weighted by Gasteiger charge is -2.33. The van der Waals surface area contributed by atoms with Crippen LogP contribution in [0.15, 0.2) is 42.7 Å². The number of aromatic nitrogens is 4. The van der Waals surface area contributed by atoms with E-state index in [1.807, 2.05) is 42.2 Å². The maximum Gasteiger partial charge on any atom is 0.228 e. The molecule has 1 saturated heterocycles. The van der Waals surface area contributed by atoms with E-state index in [-0.39, 0.29) is 11.8 Å². The van der Waals surface area contributed by atoms with Crippen LogP contribution in [0.4, 0.5) is 0 Å². The van der Waals surface area contributed by atoms with Gasteiger partial charge in [0.25, 0.3) is 0 Å². The van der Waals surface area contributed by atoms with Crippen molar-refractivity contribution < 1.29 is 4.79 Å². The van der Waals surface area contributed by atoms with Crippen LogP contribution in [0.3, 0.4) is 0 Å². The highest BCUT2D eigenvalue weighted by Crippen LogP contribution is 2.30. The molecule has 1 aliphatic rings. The predicted octanol–water partition coefficient (Wildman–Crippen LogP) is 2.68. The first-order chi connectivity index (χ1) is 12.7. The third kappa shape index (κ3) is 3.40. The summed E-state index contributed by atoms with van der Waals surface area (Å²) in [4.78, 5) is 32.4. The first-order valence-corrected chi connectivity index (χ1v) is 8.97. The minimum Gasteiger partial charge on any atom is -0.342 e. The Balaban J connectivity index is 1.56. The van der Waals surface area contributed by atoms with E-state index in [9.17, 15) is 4.79 Å². The third-order valence-corrected chi connectivity index (χ3v) is 4.83. The maximum atomic E-state index is 12.7.